The molecule has 2 rings (SSSR count). The lowest BCUT2D eigenvalue weighted by molar-refractivity contribution is 0.599. The molecule has 0 radical (unpaired) electrons. The summed E-state index contributed by atoms with van der Waals surface area (Å²) in [5.41, 5.74) is 2.15. The van der Waals surface area contributed by atoms with Crippen molar-refractivity contribution in [1.82, 2.24) is 9.97 Å². The first-order chi connectivity index (χ1) is 8.97. The smallest absolute Gasteiger partial charge is 0.223 e. The molecule has 1 heterocycles. The Bertz CT molecular complexity index is 561. The molecule has 0 saturated heterocycles. The van der Waals surface area contributed by atoms with Crippen LogP contribution in [-0.4, -0.2) is 9.97 Å². The molecule has 0 bridgehead atoms. The number of nitrogens with zero attached hydrogens (tertiary/aromatic N) is 2. The summed E-state index contributed by atoms with van der Waals surface area (Å²) in [7, 11) is 0. The van der Waals surface area contributed by atoms with Gasteiger partial charge in [-0.1, -0.05) is 17.7 Å². The van der Waals surface area contributed by atoms with Crippen molar-refractivity contribution >= 4 is 17.5 Å². The van der Waals surface area contributed by atoms with E-state index >= 15 is 0 Å². The molecule has 3 nitrogen and oxygen atoms in total. The number of hydrogen-bond acceptors (Lipinski definition) is 3. The van der Waals surface area contributed by atoms with Gasteiger partial charge in [0, 0.05) is 22.0 Å². The summed E-state index contributed by atoms with van der Waals surface area (Å²) >= 11 is 6.03. The topological polar surface area (TPSA) is 37.8 Å². The molecule has 0 spiro atoms. The highest BCUT2D eigenvalue weighted by atomic mass is 35.5. The largest absolute Gasteiger partial charge is 0.348 e. The molecule has 0 amide bonds. The van der Waals surface area contributed by atoms with E-state index in [1.54, 1.807) is 12.1 Å². The Morgan fingerprint density at radius 1 is 1.21 bits per heavy atom. The lowest BCUT2D eigenvalue weighted by Crippen LogP contribution is -2.12. The number of aromatic nitrogens is 2. The third-order valence-electron chi connectivity index (χ3n) is 2.76. The first kappa shape index (κ1) is 13.7. The van der Waals surface area contributed by atoms with Crippen molar-refractivity contribution < 1.29 is 4.39 Å². The van der Waals surface area contributed by atoms with Crippen LogP contribution in [0, 0.1) is 19.7 Å². The second kappa shape index (κ2) is 5.53. The highest BCUT2D eigenvalue weighted by Gasteiger charge is 2.15. The van der Waals surface area contributed by atoms with Gasteiger partial charge in [0.15, 0.2) is 0 Å². The molecule has 0 aliphatic rings. The van der Waals surface area contributed by atoms with E-state index in [4.69, 9.17) is 11.6 Å². The molecular formula is C14H15ClFN3. The fourth-order valence-corrected chi connectivity index (χ4v) is 2.31. The van der Waals surface area contributed by atoms with Crippen LogP contribution in [0.1, 0.15) is 29.9 Å². The van der Waals surface area contributed by atoms with Crippen LogP contribution >= 0.6 is 11.6 Å². The van der Waals surface area contributed by atoms with Crippen molar-refractivity contribution in [2.75, 3.05) is 5.32 Å². The first-order valence-corrected chi connectivity index (χ1v) is 6.38. The second-order valence-corrected chi connectivity index (χ2v) is 4.88. The van der Waals surface area contributed by atoms with Crippen LogP contribution in [0.15, 0.2) is 24.3 Å². The van der Waals surface area contributed by atoms with Crippen molar-refractivity contribution in [2.24, 2.45) is 0 Å². The van der Waals surface area contributed by atoms with E-state index in [2.05, 4.69) is 15.3 Å². The van der Waals surface area contributed by atoms with E-state index < -0.39 is 0 Å². The van der Waals surface area contributed by atoms with E-state index in [9.17, 15) is 4.39 Å². The highest BCUT2D eigenvalue weighted by Crippen LogP contribution is 2.27. The molecule has 0 fully saturated rings. The number of aryl methyl sites for hydroxylation is 2. The Balaban J connectivity index is 2.28. The minimum absolute atomic E-state index is 0.310. The van der Waals surface area contributed by atoms with Crippen molar-refractivity contribution in [1.29, 1.82) is 0 Å². The van der Waals surface area contributed by atoms with Crippen LogP contribution in [0.25, 0.3) is 0 Å². The average molecular weight is 280 g/mol. The minimum atomic E-state index is -0.336. The average Bonchev–Trinajstić information content (AvgIpc) is 2.26. The fraction of sp³-hybridized carbons (Fsp3) is 0.286. The van der Waals surface area contributed by atoms with E-state index in [-0.39, 0.29) is 11.9 Å². The quantitative estimate of drug-likeness (QED) is 0.921. The zero-order valence-corrected chi connectivity index (χ0v) is 11.8. The molecule has 1 aromatic heterocycles. The van der Waals surface area contributed by atoms with Gasteiger partial charge >= 0.3 is 0 Å². The molecule has 1 atom stereocenters. The molecule has 1 N–H and O–H groups in total. The predicted molar refractivity (Wildman–Crippen MR) is 75.0 cm³/mol. The zero-order chi connectivity index (χ0) is 14.0. The van der Waals surface area contributed by atoms with Gasteiger partial charge in [-0.3, -0.25) is 0 Å². The molecule has 0 aliphatic heterocycles. The Morgan fingerprint density at radius 2 is 1.84 bits per heavy atom. The summed E-state index contributed by atoms with van der Waals surface area (Å²) in [6, 6.07) is 6.21. The van der Waals surface area contributed by atoms with Gasteiger partial charge in [-0.15, -0.1) is 0 Å². The second-order valence-electron chi connectivity index (χ2n) is 4.48. The van der Waals surface area contributed by atoms with Gasteiger partial charge in [-0.05, 0) is 39.0 Å². The van der Waals surface area contributed by atoms with Gasteiger partial charge in [0.2, 0.25) is 5.95 Å². The van der Waals surface area contributed by atoms with Crippen molar-refractivity contribution in [3.05, 3.63) is 52.1 Å². The number of hydrogen-bond donors (Lipinski definition) is 1. The Hall–Kier alpha value is -1.68. The summed E-state index contributed by atoms with van der Waals surface area (Å²) in [5.74, 6) is 0.140. The van der Waals surface area contributed by atoms with E-state index in [0.717, 1.165) is 11.4 Å². The van der Waals surface area contributed by atoms with Crippen LogP contribution < -0.4 is 5.32 Å². The molecule has 19 heavy (non-hydrogen) atoms. The van der Waals surface area contributed by atoms with Crippen molar-refractivity contribution in [3.8, 4) is 0 Å². The predicted octanol–water partition coefficient (Wildman–Crippen LogP) is 4.06. The van der Waals surface area contributed by atoms with E-state index in [1.807, 2.05) is 26.8 Å². The van der Waals surface area contributed by atoms with Crippen molar-refractivity contribution in [2.45, 2.75) is 26.8 Å². The number of benzene rings is 1. The monoisotopic (exact) mass is 279 g/mol. The van der Waals surface area contributed by atoms with E-state index in [0.29, 0.717) is 16.5 Å². The van der Waals surface area contributed by atoms with Gasteiger partial charge in [0.25, 0.3) is 0 Å². The third-order valence-corrected chi connectivity index (χ3v) is 3.09. The maximum Gasteiger partial charge on any atom is 0.223 e. The first-order valence-electron chi connectivity index (χ1n) is 6.00. The number of anilines is 1. The summed E-state index contributed by atoms with van der Waals surface area (Å²) in [6.45, 7) is 5.60. The minimum Gasteiger partial charge on any atom is -0.348 e. The van der Waals surface area contributed by atoms with Crippen LogP contribution in [0.2, 0.25) is 5.02 Å². The molecular weight excluding hydrogens is 265 g/mol. The zero-order valence-electron chi connectivity index (χ0n) is 11.0. The van der Waals surface area contributed by atoms with Gasteiger partial charge in [-0.2, -0.15) is 0 Å². The number of rotatable bonds is 3. The SMILES string of the molecule is Cc1cc(C)nc(NC(C)c2c(F)cccc2Cl)n1. The Labute approximate surface area is 116 Å². The van der Waals surface area contributed by atoms with Gasteiger partial charge in [0.1, 0.15) is 5.82 Å². The third kappa shape index (κ3) is 3.20. The highest BCUT2D eigenvalue weighted by molar-refractivity contribution is 6.31. The summed E-state index contributed by atoms with van der Waals surface area (Å²) < 4.78 is 13.8. The molecule has 1 aromatic carbocycles. The van der Waals surface area contributed by atoms with Crippen LogP contribution in [0.3, 0.4) is 0 Å². The molecule has 100 valence electrons. The summed E-state index contributed by atoms with van der Waals surface area (Å²) in [5, 5.41) is 3.47. The summed E-state index contributed by atoms with van der Waals surface area (Å²) in [6.07, 6.45) is 0. The molecule has 0 saturated carbocycles. The number of halogens is 2. The van der Waals surface area contributed by atoms with Gasteiger partial charge in [-0.25, -0.2) is 14.4 Å². The van der Waals surface area contributed by atoms with Crippen molar-refractivity contribution in [3.63, 3.8) is 0 Å². The molecule has 1 unspecified atom stereocenters. The normalized spacial score (nSPS) is 12.3. The number of nitrogens with one attached hydrogen (secondary N) is 1. The van der Waals surface area contributed by atoms with Crippen LogP contribution in [0.5, 0.6) is 0 Å². The van der Waals surface area contributed by atoms with Gasteiger partial charge in [0.05, 0.1) is 6.04 Å². The van der Waals surface area contributed by atoms with Crippen LogP contribution in [0.4, 0.5) is 10.3 Å². The Kier molecular flexibility index (Phi) is 4.00. The summed E-state index contributed by atoms with van der Waals surface area (Å²) in [4.78, 5) is 8.54. The molecule has 2 aromatic rings. The Morgan fingerprint density at radius 3 is 2.42 bits per heavy atom. The van der Waals surface area contributed by atoms with Gasteiger partial charge < -0.3 is 5.32 Å². The van der Waals surface area contributed by atoms with Crippen LogP contribution in [-0.2, 0) is 0 Å². The maximum absolute atomic E-state index is 13.8. The molecule has 5 heteroatoms. The molecule has 0 aliphatic carbocycles. The standard InChI is InChI=1S/C14H15ClFN3/c1-8-7-9(2)18-14(17-8)19-10(3)13-11(15)5-4-6-12(13)16/h4-7,10H,1-3H3,(H,17,18,19). The lowest BCUT2D eigenvalue weighted by Gasteiger charge is -2.16. The maximum atomic E-state index is 13.8. The lowest BCUT2D eigenvalue weighted by atomic mass is 10.1. The fourth-order valence-electron chi connectivity index (χ4n) is 1.98. The van der Waals surface area contributed by atoms with E-state index in [1.165, 1.54) is 6.07 Å².